The van der Waals surface area contributed by atoms with Gasteiger partial charge in [0.05, 0.1) is 17.6 Å². The number of aliphatic carboxylic acids is 1. The Kier molecular flexibility index (Phi) is 4.85. The number of carboxylic acid groups (broad SMARTS) is 1. The van der Waals surface area contributed by atoms with Crippen molar-refractivity contribution in [3.8, 4) is 0 Å². The fourth-order valence-electron chi connectivity index (χ4n) is 4.82. The highest BCUT2D eigenvalue weighted by Gasteiger charge is 2.30. The van der Waals surface area contributed by atoms with Gasteiger partial charge in [0.2, 0.25) is 0 Å². The molecule has 0 aliphatic carbocycles. The minimum atomic E-state index is -0.709. The molecule has 1 N–H and O–H groups in total. The van der Waals surface area contributed by atoms with Gasteiger partial charge in [-0.2, -0.15) is 0 Å². The van der Waals surface area contributed by atoms with E-state index in [1.165, 1.54) is 18.4 Å². The Morgan fingerprint density at radius 3 is 2.35 bits per heavy atom. The van der Waals surface area contributed by atoms with Crippen LogP contribution in [0.15, 0.2) is 24.3 Å². The number of para-hydroxylation sites is 2. The number of hydrogen-bond acceptors (Lipinski definition) is 4. The summed E-state index contributed by atoms with van der Waals surface area (Å²) >= 11 is 0. The molecule has 140 valence electrons. The molecule has 1 aromatic heterocycles. The van der Waals surface area contributed by atoms with Gasteiger partial charge in [0, 0.05) is 13.1 Å². The van der Waals surface area contributed by atoms with Gasteiger partial charge in [-0.25, -0.2) is 9.66 Å². The molecule has 3 heterocycles. The van der Waals surface area contributed by atoms with Crippen molar-refractivity contribution >= 4 is 17.0 Å². The van der Waals surface area contributed by atoms with E-state index in [4.69, 9.17) is 10.1 Å². The number of hydrogen-bond donors (Lipinski definition) is 1. The van der Waals surface area contributed by atoms with Crippen molar-refractivity contribution in [2.45, 2.75) is 32.6 Å². The monoisotopic (exact) mass is 356 g/mol. The third kappa shape index (κ3) is 3.43. The van der Waals surface area contributed by atoms with E-state index in [9.17, 15) is 4.79 Å². The number of fused-ring (bicyclic) bond motifs is 1. The standard InChI is InChI=1S/C20H28N4O2/c1-15-21-18-4-2-3-5-19(18)24(15)23-12-8-17(9-13-23)16-6-10-22(11-7-16)14-20(25)26/h2-5,16-17H,6-14H2,1H3,(H,25,26). The Morgan fingerprint density at radius 2 is 1.69 bits per heavy atom. The number of piperidine rings is 2. The van der Waals surface area contributed by atoms with E-state index >= 15 is 0 Å². The lowest BCUT2D eigenvalue weighted by Crippen LogP contribution is -2.45. The van der Waals surface area contributed by atoms with Gasteiger partial charge in [0.15, 0.2) is 0 Å². The molecule has 0 amide bonds. The average Bonchev–Trinajstić information content (AvgIpc) is 2.98. The fraction of sp³-hybridized carbons (Fsp3) is 0.600. The van der Waals surface area contributed by atoms with Gasteiger partial charge in [0.1, 0.15) is 5.82 Å². The molecular weight excluding hydrogens is 328 g/mol. The van der Waals surface area contributed by atoms with Crippen LogP contribution in [0.3, 0.4) is 0 Å². The van der Waals surface area contributed by atoms with Crippen LogP contribution < -0.4 is 5.01 Å². The molecule has 2 aliphatic heterocycles. The highest BCUT2D eigenvalue weighted by molar-refractivity contribution is 5.76. The smallest absolute Gasteiger partial charge is 0.317 e. The zero-order valence-corrected chi connectivity index (χ0v) is 15.5. The molecule has 2 saturated heterocycles. The minimum absolute atomic E-state index is 0.193. The summed E-state index contributed by atoms with van der Waals surface area (Å²) in [5.41, 5.74) is 2.27. The van der Waals surface area contributed by atoms with Gasteiger partial charge in [0.25, 0.3) is 0 Å². The Bertz CT molecular complexity index is 771. The van der Waals surface area contributed by atoms with Crippen molar-refractivity contribution in [1.82, 2.24) is 14.6 Å². The summed E-state index contributed by atoms with van der Waals surface area (Å²) in [6.45, 7) is 6.29. The summed E-state index contributed by atoms with van der Waals surface area (Å²) in [5.74, 6) is 1.88. The van der Waals surface area contributed by atoms with E-state index < -0.39 is 5.97 Å². The van der Waals surface area contributed by atoms with Gasteiger partial charge < -0.3 is 10.1 Å². The molecule has 6 heteroatoms. The predicted octanol–water partition coefficient (Wildman–Crippen LogP) is 2.49. The molecule has 6 nitrogen and oxygen atoms in total. The van der Waals surface area contributed by atoms with Crippen LogP contribution >= 0.6 is 0 Å². The maximum absolute atomic E-state index is 10.9. The van der Waals surface area contributed by atoms with Gasteiger partial charge in [-0.1, -0.05) is 12.1 Å². The number of aromatic nitrogens is 2. The molecule has 2 fully saturated rings. The molecule has 0 unspecified atom stereocenters. The molecule has 0 saturated carbocycles. The molecular formula is C20H28N4O2. The van der Waals surface area contributed by atoms with Crippen LogP contribution in [0, 0.1) is 18.8 Å². The summed E-state index contributed by atoms with van der Waals surface area (Å²) in [6.07, 6.45) is 4.72. The first-order valence-corrected chi connectivity index (χ1v) is 9.75. The number of carbonyl (C=O) groups is 1. The second-order valence-corrected chi connectivity index (χ2v) is 7.76. The lowest BCUT2D eigenvalue weighted by atomic mass is 9.79. The first-order chi connectivity index (χ1) is 12.6. The van der Waals surface area contributed by atoms with Crippen LogP contribution in [0.2, 0.25) is 0 Å². The lowest BCUT2D eigenvalue weighted by molar-refractivity contribution is -0.138. The van der Waals surface area contributed by atoms with Crippen molar-refractivity contribution in [2.24, 2.45) is 11.8 Å². The van der Waals surface area contributed by atoms with Crippen molar-refractivity contribution in [2.75, 3.05) is 37.7 Å². The number of imidazole rings is 1. The zero-order valence-electron chi connectivity index (χ0n) is 15.5. The molecule has 0 radical (unpaired) electrons. The van der Waals surface area contributed by atoms with Crippen LogP contribution in [0.25, 0.3) is 11.0 Å². The highest BCUT2D eigenvalue weighted by Crippen LogP contribution is 2.32. The first kappa shape index (κ1) is 17.3. The molecule has 4 rings (SSSR count). The van der Waals surface area contributed by atoms with E-state index in [1.54, 1.807) is 0 Å². The largest absolute Gasteiger partial charge is 0.480 e. The molecule has 26 heavy (non-hydrogen) atoms. The molecule has 0 atom stereocenters. The highest BCUT2D eigenvalue weighted by atomic mass is 16.4. The molecule has 2 aliphatic rings. The van der Waals surface area contributed by atoms with Gasteiger partial charge >= 0.3 is 5.97 Å². The lowest BCUT2D eigenvalue weighted by Gasteiger charge is -2.41. The van der Waals surface area contributed by atoms with E-state index in [-0.39, 0.29) is 6.54 Å². The SMILES string of the molecule is Cc1nc2ccccc2n1N1CCC(C2CCN(CC(=O)O)CC2)CC1. The zero-order chi connectivity index (χ0) is 18.1. The summed E-state index contributed by atoms with van der Waals surface area (Å²) in [6, 6.07) is 8.36. The van der Waals surface area contributed by atoms with Gasteiger partial charge in [-0.3, -0.25) is 9.69 Å². The third-order valence-electron chi connectivity index (χ3n) is 6.16. The quantitative estimate of drug-likeness (QED) is 0.912. The second kappa shape index (κ2) is 7.27. The van der Waals surface area contributed by atoms with Crippen LogP contribution in [-0.2, 0) is 4.79 Å². The maximum atomic E-state index is 10.9. The summed E-state index contributed by atoms with van der Waals surface area (Å²) < 4.78 is 2.29. The maximum Gasteiger partial charge on any atom is 0.317 e. The van der Waals surface area contributed by atoms with Crippen molar-refractivity contribution in [3.63, 3.8) is 0 Å². The summed E-state index contributed by atoms with van der Waals surface area (Å²) in [7, 11) is 0. The number of rotatable bonds is 4. The third-order valence-corrected chi connectivity index (χ3v) is 6.16. The van der Waals surface area contributed by atoms with Crippen molar-refractivity contribution < 1.29 is 9.90 Å². The molecule has 0 bridgehead atoms. The average molecular weight is 356 g/mol. The van der Waals surface area contributed by atoms with E-state index in [0.717, 1.165) is 62.2 Å². The Morgan fingerprint density at radius 1 is 1.08 bits per heavy atom. The number of nitrogens with zero attached hydrogens (tertiary/aromatic N) is 4. The number of benzene rings is 1. The summed E-state index contributed by atoms with van der Waals surface area (Å²) in [4.78, 5) is 17.6. The van der Waals surface area contributed by atoms with Crippen LogP contribution in [-0.4, -0.2) is 58.4 Å². The molecule has 0 spiro atoms. The normalized spacial score (nSPS) is 20.7. The Labute approximate surface area is 154 Å². The van der Waals surface area contributed by atoms with E-state index in [0.29, 0.717) is 0 Å². The van der Waals surface area contributed by atoms with Crippen molar-refractivity contribution in [3.05, 3.63) is 30.1 Å². The van der Waals surface area contributed by atoms with Crippen molar-refractivity contribution in [1.29, 1.82) is 0 Å². The topological polar surface area (TPSA) is 61.6 Å². The second-order valence-electron chi connectivity index (χ2n) is 7.76. The van der Waals surface area contributed by atoms with E-state index in [1.807, 2.05) is 6.07 Å². The number of aryl methyl sites for hydroxylation is 1. The molecule has 2 aromatic rings. The number of carboxylic acids is 1. The fourth-order valence-corrected chi connectivity index (χ4v) is 4.82. The predicted molar refractivity (Wildman–Crippen MR) is 102 cm³/mol. The van der Waals surface area contributed by atoms with Gasteiger partial charge in [-0.05, 0) is 69.7 Å². The molecule has 1 aromatic carbocycles. The number of likely N-dealkylation sites (tertiary alicyclic amines) is 1. The Hall–Kier alpha value is -2.08. The van der Waals surface area contributed by atoms with Crippen LogP contribution in [0.5, 0.6) is 0 Å². The van der Waals surface area contributed by atoms with Gasteiger partial charge in [-0.15, -0.1) is 0 Å². The minimum Gasteiger partial charge on any atom is -0.480 e. The van der Waals surface area contributed by atoms with Crippen LogP contribution in [0.1, 0.15) is 31.5 Å². The Balaban J connectivity index is 1.36. The first-order valence-electron chi connectivity index (χ1n) is 9.75. The van der Waals surface area contributed by atoms with E-state index in [2.05, 4.69) is 39.7 Å². The summed E-state index contributed by atoms with van der Waals surface area (Å²) in [5, 5.41) is 11.4. The van der Waals surface area contributed by atoms with Crippen LogP contribution in [0.4, 0.5) is 0 Å².